The molecule has 4 rings (SSSR count). The van der Waals surface area contributed by atoms with Crippen molar-refractivity contribution in [3.63, 3.8) is 0 Å². The van der Waals surface area contributed by atoms with Gasteiger partial charge in [-0.25, -0.2) is 0 Å². The average molecular weight is 362 g/mol. The van der Waals surface area contributed by atoms with E-state index in [2.05, 4.69) is 0 Å². The lowest BCUT2D eigenvalue weighted by molar-refractivity contribution is -0.122. The SMILES string of the molecule is Cc1ccccc1N1C(=O)CN(Cc2coc3ccccc3c2=O)CC1C. The summed E-state index contributed by atoms with van der Waals surface area (Å²) in [6.45, 7) is 5.45. The molecule has 1 atom stereocenters. The number of piperazine rings is 1. The van der Waals surface area contributed by atoms with Gasteiger partial charge in [-0.15, -0.1) is 0 Å². The van der Waals surface area contributed by atoms with Crippen molar-refractivity contribution in [3.8, 4) is 0 Å². The summed E-state index contributed by atoms with van der Waals surface area (Å²) < 4.78 is 5.60. The van der Waals surface area contributed by atoms with E-state index in [-0.39, 0.29) is 23.9 Å². The second kappa shape index (κ2) is 7.00. The zero-order valence-electron chi connectivity index (χ0n) is 15.5. The van der Waals surface area contributed by atoms with Crippen molar-refractivity contribution in [1.82, 2.24) is 4.90 Å². The van der Waals surface area contributed by atoms with E-state index < -0.39 is 0 Å². The van der Waals surface area contributed by atoms with Crippen molar-refractivity contribution in [2.75, 3.05) is 18.0 Å². The molecule has 1 unspecified atom stereocenters. The Morgan fingerprint density at radius 3 is 2.59 bits per heavy atom. The number of amides is 1. The maximum Gasteiger partial charge on any atom is 0.241 e. The first-order valence-electron chi connectivity index (χ1n) is 9.14. The summed E-state index contributed by atoms with van der Waals surface area (Å²) in [4.78, 5) is 29.4. The fraction of sp³-hybridized carbons (Fsp3) is 0.273. The number of rotatable bonds is 3. The van der Waals surface area contributed by atoms with Gasteiger partial charge < -0.3 is 9.32 Å². The predicted octanol–water partition coefficient (Wildman–Crippen LogP) is 3.34. The molecule has 2 aromatic carbocycles. The molecule has 0 aliphatic carbocycles. The van der Waals surface area contributed by atoms with E-state index in [9.17, 15) is 9.59 Å². The zero-order chi connectivity index (χ0) is 19.0. The molecule has 1 fully saturated rings. The molecule has 0 radical (unpaired) electrons. The Labute approximate surface area is 157 Å². The lowest BCUT2D eigenvalue weighted by Crippen LogP contribution is -2.55. The van der Waals surface area contributed by atoms with Crippen LogP contribution < -0.4 is 10.3 Å². The molecule has 1 amide bonds. The molecule has 0 bridgehead atoms. The molecule has 0 saturated carbocycles. The van der Waals surface area contributed by atoms with Crippen LogP contribution in [0.1, 0.15) is 18.1 Å². The van der Waals surface area contributed by atoms with Gasteiger partial charge in [0, 0.05) is 30.4 Å². The van der Waals surface area contributed by atoms with Crippen molar-refractivity contribution in [1.29, 1.82) is 0 Å². The maximum absolute atomic E-state index is 12.8. The minimum atomic E-state index is -0.0294. The Kier molecular flexibility index (Phi) is 4.54. The lowest BCUT2D eigenvalue weighted by Gasteiger charge is -2.40. The summed E-state index contributed by atoms with van der Waals surface area (Å²) in [5.41, 5.74) is 3.18. The van der Waals surface area contributed by atoms with E-state index in [0.29, 0.717) is 29.6 Å². The quantitative estimate of drug-likeness (QED) is 0.717. The standard InChI is InChI=1S/C22H22N2O3/c1-15-7-3-5-9-19(15)24-16(2)11-23(13-21(24)25)12-17-14-27-20-10-6-4-8-18(20)22(17)26/h3-10,14,16H,11-13H2,1-2H3. The van der Waals surface area contributed by atoms with Gasteiger partial charge in [0.1, 0.15) is 5.58 Å². The summed E-state index contributed by atoms with van der Waals surface area (Å²) in [7, 11) is 0. The molecule has 138 valence electrons. The number of aryl methyl sites for hydroxylation is 1. The molecule has 0 spiro atoms. The van der Waals surface area contributed by atoms with Gasteiger partial charge in [0.25, 0.3) is 0 Å². The Balaban J connectivity index is 1.56. The Bertz CT molecular complexity index is 1060. The van der Waals surface area contributed by atoms with Crippen LogP contribution in [0.15, 0.2) is 64.0 Å². The Morgan fingerprint density at radius 1 is 1.07 bits per heavy atom. The first kappa shape index (κ1) is 17.5. The lowest BCUT2D eigenvalue weighted by atomic mass is 10.1. The van der Waals surface area contributed by atoms with Gasteiger partial charge in [0.15, 0.2) is 5.43 Å². The van der Waals surface area contributed by atoms with Crippen LogP contribution in [0.4, 0.5) is 5.69 Å². The molecule has 1 aliphatic rings. The van der Waals surface area contributed by atoms with Gasteiger partial charge in [-0.1, -0.05) is 30.3 Å². The molecule has 1 aromatic heterocycles. The monoisotopic (exact) mass is 362 g/mol. The van der Waals surface area contributed by atoms with E-state index in [0.717, 1.165) is 11.3 Å². The third-order valence-electron chi connectivity index (χ3n) is 5.11. The molecular weight excluding hydrogens is 340 g/mol. The van der Waals surface area contributed by atoms with Crippen molar-refractivity contribution < 1.29 is 9.21 Å². The largest absolute Gasteiger partial charge is 0.464 e. The Hall–Kier alpha value is -2.92. The van der Waals surface area contributed by atoms with Crippen molar-refractivity contribution >= 4 is 22.6 Å². The summed E-state index contributed by atoms with van der Waals surface area (Å²) in [6, 6.07) is 15.2. The van der Waals surface area contributed by atoms with Crippen LogP contribution in [0, 0.1) is 6.92 Å². The molecule has 0 N–H and O–H groups in total. The topological polar surface area (TPSA) is 53.8 Å². The highest BCUT2D eigenvalue weighted by molar-refractivity contribution is 5.96. The molecule has 2 heterocycles. The first-order chi connectivity index (χ1) is 13.0. The highest BCUT2D eigenvalue weighted by Gasteiger charge is 2.31. The fourth-order valence-electron chi connectivity index (χ4n) is 3.83. The highest BCUT2D eigenvalue weighted by Crippen LogP contribution is 2.25. The molecule has 3 aromatic rings. The molecule has 27 heavy (non-hydrogen) atoms. The normalized spacial score (nSPS) is 18.2. The van der Waals surface area contributed by atoms with Gasteiger partial charge in [0.05, 0.1) is 18.2 Å². The van der Waals surface area contributed by atoms with Crippen LogP contribution in [0.3, 0.4) is 0 Å². The van der Waals surface area contributed by atoms with Crippen molar-refractivity contribution in [3.05, 3.63) is 76.1 Å². The van der Waals surface area contributed by atoms with E-state index in [4.69, 9.17) is 4.42 Å². The smallest absolute Gasteiger partial charge is 0.241 e. The van der Waals surface area contributed by atoms with Gasteiger partial charge in [-0.3, -0.25) is 14.5 Å². The number of carbonyl (C=O) groups is 1. The van der Waals surface area contributed by atoms with Crippen LogP contribution >= 0.6 is 0 Å². The van der Waals surface area contributed by atoms with Crippen LogP contribution in [0.2, 0.25) is 0 Å². The van der Waals surface area contributed by atoms with Gasteiger partial charge in [-0.2, -0.15) is 0 Å². The fourth-order valence-corrected chi connectivity index (χ4v) is 3.83. The first-order valence-corrected chi connectivity index (χ1v) is 9.14. The van der Waals surface area contributed by atoms with Crippen LogP contribution in [-0.4, -0.2) is 29.9 Å². The Morgan fingerprint density at radius 2 is 1.81 bits per heavy atom. The number of hydrogen-bond donors (Lipinski definition) is 0. The zero-order valence-corrected chi connectivity index (χ0v) is 15.5. The molecule has 1 aliphatic heterocycles. The minimum Gasteiger partial charge on any atom is -0.464 e. The van der Waals surface area contributed by atoms with E-state index in [1.54, 1.807) is 12.1 Å². The molecule has 5 nitrogen and oxygen atoms in total. The average Bonchev–Trinajstić information content (AvgIpc) is 2.65. The van der Waals surface area contributed by atoms with Gasteiger partial charge in [-0.05, 0) is 37.6 Å². The van der Waals surface area contributed by atoms with E-state index in [1.165, 1.54) is 6.26 Å². The van der Waals surface area contributed by atoms with Gasteiger partial charge in [0.2, 0.25) is 5.91 Å². The number of anilines is 1. The van der Waals surface area contributed by atoms with Gasteiger partial charge >= 0.3 is 0 Å². The molecular formula is C22H22N2O3. The summed E-state index contributed by atoms with van der Waals surface area (Å²) in [5.74, 6) is 0.0493. The number of carbonyl (C=O) groups excluding carboxylic acids is 1. The van der Waals surface area contributed by atoms with Crippen LogP contribution in [-0.2, 0) is 11.3 Å². The number of nitrogens with zero attached hydrogens (tertiary/aromatic N) is 2. The minimum absolute atomic E-state index is 0.0276. The number of para-hydroxylation sites is 2. The molecule has 5 heteroatoms. The van der Waals surface area contributed by atoms with E-state index >= 15 is 0 Å². The second-order valence-corrected chi connectivity index (χ2v) is 7.16. The maximum atomic E-state index is 12.8. The second-order valence-electron chi connectivity index (χ2n) is 7.16. The number of benzene rings is 2. The summed E-state index contributed by atoms with van der Waals surface area (Å²) in [6.07, 6.45) is 1.52. The highest BCUT2D eigenvalue weighted by atomic mass is 16.3. The number of fused-ring (bicyclic) bond motifs is 1. The third-order valence-corrected chi connectivity index (χ3v) is 5.11. The summed E-state index contributed by atoms with van der Waals surface area (Å²) in [5, 5.41) is 0.577. The summed E-state index contributed by atoms with van der Waals surface area (Å²) >= 11 is 0. The van der Waals surface area contributed by atoms with Crippen molar-refractivity contribution in [2.45, 2.75) is 26.4 Å². The van der Waals surface area contributed by atoms with E-state index in [1.807, 2.05) is 60.0 Å². The van der Waals surface area contributed by atoms with Crippen molar-refractivity contribution in [2.24, 2.45) is 0 Å². The molecule has 1 saturated heterocycles. The number of hydrogen-bond acceptors (Lipinski definition) is 4. The third kappa shape index (κ3) is 3.26. The van der Waals surface area contributed by atoms with Crippen LogP contribution in [0.5, 0.6) is 0 Å². The van der Waals surface area contributed by atoms with Crippen LogP contribution in [0.25, 0.3) is 11.0 Å². The predicted molar refractivity (Wildman–Crippen MR) is 106 cm³/mol.